The highest BCUT2D eigenvalue weighted by molar-refractivity contribution is 5.97. The maximum Gasteiger partial charge on any atom is 0.322 e. The van der Waals surface area contributed by atoms with Crippen LogP contribution >= 0.6 is 0 Å². The summed E-state index contributed by atoms with van der Waals surface area (Å²) < 4.78 is 5.14. The van der Waals surface area contributed by atoms with Crippen molar-refractivity contribution in [3.05, 3.63) is 34.9 Å². The van der Waals surface area contributed by atoms with E-state index in [1.54, 1.807) is 20.8 Å². The third kappa shape index (κ3) is 18.0. The maximum absolute atomic E-state index is 12.5. The van der Waals surface area contributed by atoms with Crippen molar-refractivity contribution in [2.45, 2.75) is 96.7 Å². The lowest BCUT2D eigenvalue weighted by molar-refractivity contribution is -0.160. The lowest BCUT2D eigenvalue weighted by Gasteiger charge is -2.30. The summed E-state index contributed by atoms with van der Waals surface area (Å²) in [5, 5.41) is 54.4. The number of esters is 1. The lowest BCUT2D eigenvalue weighted by atomic mass is 10.0. The van der Waals surface area contributed by atoms with E-state index in [9.17, 15) is 44.4 Å². The highest BCUT2D eigenvalue weighted by atomic mass is 16.5. The van der Waals surface area contributed by atoms with E-state index in [0.29, 0.717) is 44.8 Å². The number of nitrogens with zero attached hydrogens (tertiary/aromatic N) is 3. The van der Waals surface area contributed by atoms with Crippen molar-refractivity contribution in [3.8, 4) is 0 Å². The molecule has 1 fully saturated rings. The zero-order valence-corrected chi connectivity index (χ0v) is 29.6. The lowest BCUT2D eigenvalue weighted by Crippen LogP contribution is -2.61. The van der Waals surface area contributed by atoms with Crippen LogP contribution in [0.3, 0.4) is 0 Å². The minimum absolute atomic E-state index is 0.0594. The Morgan fingerprint density at radius 1 is 0.706 bits per heavy atom. The van der Waals surface area contributed by atoms with Gasteiger partial charge in [0.15, 0.2) is 0 Å². The monoisotopic (exact) mass is 726 g/mol. The third-order valence-corrected chi connectivity index (χ3v) is 7.81. The van der Waals surface area contributed by atoms with Crippen LogP contribution < -0.4 is 16.4 Å². The molecule has 0 aromatic carbocycles. The van der Waals surface area contributed by atoms with E-state index >= 15 is 0 Å². The SMILES string of the molecule is C/C(=C\C(=O)N(O)CCC[C@@H]1NC(=O)[C@H](CCCN(O)C(=O)/C=C(\C)CCOC(=O)[C@@H](N)CCCN(O)C(=O)/C=C(\C)CCO)NC1=O)CCO. The van der Waals surface area contributed by atoms with E-state index in [1.807, 2.05) is 0 Å². The van der Waals surface area contributed by atoms with Crippen LogP contribution in [0.2, 0.25) is 0 Å². The fraction of sp³-hybridized carbons (Fsp3) is 0.636. The van der Waals surface area contributed by atoms with Gasteiger partial charge in [0.2, 0.25) is 11.8 Å². The van der Waals surface area contributed by atoms with Gasteiger partial charge >= 0.3 is 5.97 Å². The van der Waals surface area contributed by atoms with Gasteiger partial charge < -0.3 is 31.3 Å². The van der Waals surface area contributed by atoms with Crippen molar-refractivity contribution in [2.24, 2.45) is 5.73 Å². The molecular weight excluding hydrogens is 672 g/mol. The van der Waals surface area contributed by atoms with Crippen molar-refractivity contribution in [1.29, 1.82) is 0 Å². The van der Waals surface area contributed by atoms with Crippen molar-refractivity contribution in [1.82, 2.24) is 25.8 Å². The number of hydroxylamine groups is 6. The zero-order valence-electron chi connectivity index (χ0n) is 29.6. The van der Waals surface area contributed by atoms with Crippen molar-refractivity contribution in [2.75, 3.05) is 39.5 Å². The number of amides is 5. The molecule has 1 heterocycles. The Hall–Kier alpha value is -4.20. The minimum atomic E-state index is -0.995. The van der Waals surface area contributed by atoms with Crippen LogP contribution in [0, 0.1) is 0 Å². The number of nitrogens with one attached hydrogen (secondary N) is 2. The molecule has 288 valence electrons. The smallest absolute Gasteiger partial charge is 0.322 e. The minimum Gasteiger partial charge on any atom is -0.464 e. The standard InChI is InChI=1S/C33H54N6O12/c1-22(10-16-40)19-28(42)37(48)13-4-7-25(34)33(47)51-18-12-24(3)21-30(44)39(50)15-6-9-27-32(46)35-26(31(45)36-27)8-5-14-38(49)29(43)20-23(2)11-17-41/h19-21,25-27,40-41,48-50H,4-18,34H2,1-3H3,(H,35,46)(H,36,45)/b22-19+,23-20+,24-21+/t25-,26-,27-/m0/s1. The molecule has 9 N–H and O–H groups in total. The van der Waals surface area contributed by atoms with Gasteiger partial charge in [-0.05, 0) is 72.1 Å². The summed E-state index contributed by atoms with van der Waals surface area (Å²) >= 11 is 0. The number of aliphatic hydroxyl groups excluding tert-OH is 2. The van der Waals surface area contributed by atoms with Gasteiger partial charge in [0.25, 0.3) is 17.7 Å². The zero-order chi connectivity index (χ0) is 38.5. The highest BCUT2D eigenvalue weighted by Crippen LogP contribution is 2.11. The van der Waals surface area contributed by atoms with E-state index in [-0.39, 0.29) is 84.4 Å². The largest absolute Gasteiger partial charge is 0.464 e. The number of nitrogens with two attached hydrogens (primary N) is 1. The number of carbonyl (C=O) groups excluding carboxylic acids is 6. The van der Waals surface area contributed by atoms with Crippen molar-refractivity contribution >= 4 is 35.5 Å². The van der Waals surface area contributed by atoms with E-state index in [0.717, 1.165) is 0 Å². The molecule has 3 atom stereocenters. The molecule has 0 aliphatic carbocycles. The molecule has 5 amide bonds. The Labute approximate surface area is 297 Å². The number of aliphatic hydroxyl groups is 2. The summed E-state index contributed by atoms with van der Waals surface area (Å²) in [5.74, 6) is -3.60. The van der Waals surface area contributed by atoms with Crippen LogP contribution in [0.1, 0.15) is 78.6 Å². The second-order valence-corrected chi connectivity index (χ2v) is 12.4. The van der Waals surface area contributed by atoms with Gasteiger partial charge in [-0.15, -0.1) is 0 Å². The number of carbonyl (C=O) groups is 6. The molecule has 1 saturated heterocycles. The fourth-order valence-corrected chi connectivity index (χ4v) is 4.73. The topological polar surface area (TPSA) is 273 Å². The molecule has 0 spiro atoms. The van der Waals surface area contributed by atoms with Gasteiger partial charge in [-0.3, -0.25) is 44.4 Å². The first-order chi connectivity index (χ1) is 24.1. The summed E-state index contributed by atoms with van der Waals surface area (Å²) in [5.41, 5.74) is 7.55. The van der Waals surface area contributed by atoms with Gasteiger partial charge in [0.1, 0.15) is 18.1 Å². The highest BCUT2D eigenvalue weighted by Gasteiger charge is 2.33. The molecule has 0 unspecified atom stereocenters. The van der Waals surface area contributed by atoms with Gasteiger partial charge in [-0.25, -0.2) is 15.2 Å². The Morgan fingerprint density at radius 2 is 1.08 bits per heavy atom. The molecule has 51 heavy (non-hydrogen) atoms. The number of hydrogen-bond donors (Lipinski definition) is 8. The molecule has 18 nitrogen and oxygen atoms in total. The van der Waals surface area contributed by atoms with Gasteiger partial charge in [-0.2, -0.15) is 0 Å². The first-order valence-corrected chi connectivity index (χ1v) is 16.9. The summed E-state index contributed by atoms with van der Waals surface area (Å²) in [6.07, 6.45) is 5.45. The maximum atomic E-state index is 12.5. The number of rotatable bonds is 23. The first-order valence-electron chi connectivity index (χ1n) is 16.9. The normalized spacial score (nSPS) is 17.3. The summed E-state index contributed by atoms with van der Waals surface area (Å²) in [6, 6.07) is -2.72. The average Bonchev–Trinajstić information content (AvgIpc) is 3.06. The van der Waals surface area contributed by atoms with Crippen LogP contribution in [-0.4, -0.2) is 134 Å². The van der Waals surface area contributed by atoms with Crippen LogP contribution in [0.4, 0.5) is 0 Å². The van der Waals surface area contributed by atoms with Crippen LogP contribution in [0.5, 0.6) is 0 Å². The predicted molar refractivity (Wildman–Crippen MR) is 180 cm³/mol. The molecule has 18 heteroatoms. The van der Waals surface area contributed by atoms with E-state index in [1.165, 1.54) is 18.2 Å². The van der Waals surface area contributed by atoms with E-state index < -0.39 is 53.6 Å². The predicted octanol–water partition coefficient (Wildman–Crippen LogP) is -0.172. The summed E-state index contributed by atoms with van der Waals surface area (Å²) in [7, 11) is 0. The molecule has 1 aliphatic heterocycles. The molecular formula is C33H54N6O12. The number of ether oxygens (including phenoxy) is 1. The Kier molecular flexibility index (Phi) is 21.2. The quantitative estimate of drug-likeness (QED) is 0.0294. The molecule has 1 aliphatic rings. The fourth-order valence-electron chi connectivity index (χ4n) is 4.73. The molecule has 0 aromatic heterocycles. The van der Waals surface area contributed by atoms with E-state index in [2.05, 4.69) is 10.6 Å². The van der Waals surface area contributed by atoms with Crippen LogP contribution in [-0.2, 0) is 33.5 Å². The van der Waals surface area contributed by atoms with Crippen molar-refractivity contribution in [3.63, 3.8) is 0 Å². The van der Waals surface area contributed by atoms with Gasteiger partial charge in [-0.1, -0.05) is 16.7 Å². The van der Waals surface area contributed by atoms with Gasteiger partial charge in [0, 0.05) is 57.5 Å². The molecule has 0 aromatic rings. The van der Waals surface area contributed by atoms with Crippen LogP contribution in [0.25, 0.3) is 0 Å². The van der Waals surface area contributed by atoms with Crippen molar-refractivity contribution < 1.29 is 59.3 Å². The molecule has 1 rings (SSSR count). The Bertz CT molecular complexity index is 1290. The van der Waals surface area contributed by atoms with Gasteiger partial charge in [0.05, 0.1) is 6.61 Å². The molecule has 0 radical (unpaired) electrons. The van der Waals surface area contributed by atoms with E-state index in [4.69, 9.17) is 20.7 Å². The Balaban J connectivity index is 2.35. The van der Waals surface area contributed by atoms with Crippen LogP contribution in [0.15, 0.2) is 34.9 Å². The summed E-state index contributed by atoms with van der Waals surface area (Å²) in [6.45, 7) is 4.32. The molecule has 0 bridgehead atoms. The Morgan fingerprint density at radius 3 is 1.47 bits per heavy atom. The first kappa shape index (κ1) is 44.8. The number of piperazine rings is 1. The molecule has 0 saturated carbocycles. The third-order valence-electron chi connectivity index (χ3n) is 7.81. The average molecular weight is 727 g/mol. The second kappa shape index (κ2) is 24.1. The number of hydrogen-bond acceptors (Lipinski definition) is 13. The second-order valence-electron chi connectivity index (χ2n) is 12.4. The summed E-state index contributed by atoms with van der Waals surface area (Å²) in [4.78, 5) is 73.5.